The SMILES string of the molecule is CCc1ccc(-c2csc(NC(=O)CSc3nnc(-c4cccs4)o3)n2)cc1. The molecule has 9 heteroatoms. The molecule has 3 aromatic heterocycles. The summed E-state index contributed by atoms with van der Waals surface area (Å²) in [6.07, 6.45) is 1.01. The van der Waals surface area contributed by atoms with E-state index in [1.165, 1.54) is 40.0 Å². The van der Waals surface area contributed by atoms with Gasteiger partial charge in [-0.15, -0.1) is 32.9 Å². The molecule has 1 amide bonds. The Kier molecular flexibility index (Phi) is 5.84. The maximum absolute atomic E-state index is 12.2. The van der Waals surface area contributed by atoms with Crippen molar-refractivity contribution in [2.24, 2.45) is 0 Å². The van der Waals surface area contributed by atoms with Gasteiger partial charge in [-0.2, -0.15) is 0 Å². The van der Waals surface area contributed by atoms with Crippen molar-refractivity contribution < 1.29 is 9.21 Å². The minimum Gasteiger partial charge on any atom is -0.410 e. The number of carbonyl (C=O) groups excluding carboxylic acids is 1. The Morgan fingerprint density at radius 3 is 2.79 bits per heavy atom. The second kappa shape index (κ2) is 8.68. The highest BCUT2D eigenvalue weighted by Crippen LogP contribution is 2.27. The van der Waals surface area contributed by atoms with Crippen LogP contribution in [0.25, 0.3) is 22.0 Å². The van der Waals surface area contributed by atoms with E-state index in [-0.39, 0.29) is 11.7 Å². The molecule has 3 heterocycles. The lowest BCUT2D eigenvalue weighted by Gasteiger charge is -2.00. The standard InChI is InChI=1S/C19H16N4O2S3/c1-2-12-5-7-13(8-6-12)14-10-27-18(20-14)21-16(24)11-28-19-23-22-17(25-19)15-4-3-9-26-15/h3-10H,2,11H2,1H3,(H,20,21,24). The van der Waals surface area contributed by atoms with Crippen LogP contribution in [0.1, 0.15) is 12.5 Å². The van der Waals surface area contributed by atoms with Gasteiger partial charge in [-0.05, 0) is 23.4 Å². The van der Waals surface area contributed by atoms with Gasteiger partial charge in [0.2, 0.25) is 5.91 Å². The third kappa shape index (κ3) is 4.49. The number of thiophene rings is 1. The van der Waals surface area contributed by atoms with E-state index in [0.29, 0.717) is 16.2 Å². The van der Waals surface area contributed by atoms with E-state index in [9.17, 15) is 4.79 Å². The number of thioether (sulfide) groups is 1. The molecule has 6 nitrogen and oxygen atoms in total. The summed E-state index contributed by atoms with van der Waals surface area (Å²) in [4.78, 5) is 17.6. The van der Waals surface area contributed by atoms with Crippen molar-refractivity contribution in [2.45, 2.75) is 18.6 Å². The van der Waals surface area contributed by atoms with E-state index in [4.69, 9.17) is 4.42 Å². The lowest BCUT2D eigenvalue weighted by atomic mass is 10.1. The van der Waals surface area contributed by atoms with Gasteiger partial charge in [0.05, 0.1) is 16.3 Å². The molecule has 0 unspecified atom stereocenters. The van der Waals surface area contributed by atoms with Crippen molar-refractivity contribution in [3.8, 4) is 22.0 Å². The Morgan fingerprint density at radius 2 is 2.04 bits per heavy atom. The van der Waals surface area contributed by atoms with Gasteiger partial charge in [0.1, 0.15) is 0 Å². The van der Waals surface area contributed by atoms with Gasteiger partial charge in [0.25, 0.3) is 11.1 Å². The van der Waals surface area contributed by atoms with Crippen LogP contribution in [-0.2, 0) is 11.2 Å². The first-order chi connectivity index (χ1) is 13.7. The molecule has 0 aliphatic rings. The Balaban J connectivity index is 1.32. The van der Waals surface area contributed by atoms with Gasteiger partial charge in [0, 0.05) is 10.9 Å². The minimum atomic E-state index is -0.164. The fraction of sp³-hybridized carbons (Fsp3) is 0.158. The van der Waals surface area contributed by atoms with Crippen molar-refractivity contribution in [2.75, 3.05) is 11.1 Å². The number of carbonyl (C=O) groups is 1. The summed E-state index contributed by atoms with van der Waals surface area (Å²) in [6, 6.07) is 12.1. The summed E-state index contributed by atoms with van der Waals surface area (Å²) in [5, 5.41) is 15.6. The normalized spacial score (nSPS) is 10.9. The van der Waals surface area contributed by atoms with Crippen LogP contribution >= 0.6 is 34.4 Å². The number of aromatic nitrogens is 3. The van der Waals surface area contributed by atoms with Gasteiger partial charge in [-0.1, -0.05) is 49.0 Å². The monoisotopic (exact) mass is 428 g/mol. The molecule has 0 saturated carbocycles. The summed E-state index contributed by atoms with van der Waals surface area (Å²) in [5.41, 5.74) is 3.18. The highest BCUT2D eigenvalue weighted by molar-refractivity contribution is 7.99. The second-order valence-corrected chi connectivity index (χ2v) is 8.51. The number of hydrogen-bond donors (Lipinski definition) is 1. The number of aryl methyl sites for hydroxylation is 1. The summed E-state index contributed by atoms with van der Waals surface area (Å²) < 4.78 is 5.57. The fourth-order valence-corrected chi connectivity index (χ4v) is 4.37. The van der Waals surface area contributed by atoms with Crippen molar-refractivity contribution in [3.63, 3.8) is 0 Å². The topological polar surface area (TPSA) is 80.9 Å². The molecular formula is C19H16N4O2S3. The average molecular weight is 429 g/mol. The predicted molar refractivity (Wildman–Crippen MR) is 114 cm³/mol. The zero-order valence-corrected chi connectivity index (χ0v) is 17.4. The predicted octanol–water partition coefficient (Wildman–Crippen LogP) is 5.21. The molecule has 0 fully saturated rings. The lowest BCUT2D eigenvalue weighted by Crippen LogP contribution is -2.13. The largest absolute Gasteiger partial charge is 0.410 e. The molecule has 4 rings (SSSR count). The summed E-state index contributed by atoms with van der Waals surface area (Å²) in [6.45, 7) is 2.13. The summed E-state index contributed by atoms with van der Waals surface area (Å²) in [5.74, 6) is 0.478. The van der Waals surface area contributed by atoms with E-state index in [1.54, 1.807) is 0 Å². The van der Waals surface area contributed by atoms with Gasteiger partial charge in [-0.3, -0.25) is 4.79 Å². The van der Waals surface area contributed by atoms with Gasteiger partial charge in [-0.25, -0.2) is 4.98 Å². The van der Waals surface area contributed by atoms with Crippen LogP contribution in [0, 0.1) is 0 Å². The first-order valence-electron chi connectivity index (χ1n) is 8.56. The molecule has 0 radical (unpaired) electrons. The Bertz CT molecular complexity index is 1060. The van der Waals surface area contributed by atoms with Gasteiger partial charge < -0.3 is 9.73 Å². The van der Waals surface area contributed by atoms with Crippen LogP contribution in [0.4, 0.5) is 5.13 Å². The first-order valence-corrected chi connectivity index (χ1v) is 11.3. The zero-order valence-electron chi connectivity index (χ0n) is 14.9. The molecule has 0 bridgehead atoms. The van der Waals surface area contributed by atoms with E-state index in [1.807, 2.05) is 22.9 Å². The van der Waals surface area contributed by atoms with E-state index < -0.39 is 0 Å². The van der Waals surface area contributed by atoms with Crippen LogP contribution in [0.3, 0.4) is 0 Å². The summed E-state index contributed by atoms with van der Waals surface area (Å²) >= 11 is 4.13. The Hall–Kier alpha value is -2.49. The smallest absolute Gasteiger partial charge is 0.277 e. The molecule has 0 aliphatic heterocycles. The van der Waals surface area contributed by atoms with E-state index >= 15 is 0 Å². The molecule has 1 N–H and O–H groups in total. The highest BCUT2D eigenvalue weighted by atomic mass is 32.2. The molecule has 0 spiro atoms. The molecule has 0 aliphatic carbocycles. The number of amides is 1. The van der Waals surface area contributed by atoms with E-state index in [2.05, 4.69) is 51.7 Å². The number of rotatable bonds is 7. The maximum atomic E-state index is 12.2. The summed E-state index contributed by atoms with van der Waals surface area (Å²) in [7, 11) is 0. The second-order valence-electron chi connectivity index (χ2n) is 5.78. The van der Waals surface area contributed by atoms with Crippen molar-refractivity contribution in [3.05, 3.63) is 52.7 Å². The van der Waals surface area contributed by atoms with E-state index in [0.717, 1.165) is 22.6 Å². The lowest BCUT2D eigenvalue weighted by molar-refractivity contribution is -0.113. The van der Waals surface area contributed by atoms with Crippen molar-refractivity contribution >= 4 is 45.5 Å². The Morgan fingerprint density at radius 1 is 1.18 bits per heavy atom. The zero-order chi connectivity index (χ0) is 19.3. The molecule has 0 atom stereocenters. The fourth-order valence-electron chi connectivity index (χ4n) is 2.43. The van der Waals surface area contributed by atoms with Crippen LogP contribution in [-0.4, -0.2) is 26.8 Å². The highest BCUT2D eigenvalue weighted by Gasteiger charge is 2.13. The minimum absolute atomic E-state index is 0.164. The van der Waals surface area contributed by atoms with Gasteiger partial charge >= 0.3 is 0 Å². The maximum Gasteiger partial charge on any atom is 0.277 e. The Labute approximate surface area is 174 Å². The average Bonchev–Trinajstić information content (AvgIpc) is 3.47. The number of nitrogens with zero attached hydrogens (tertiary/aromatic N) is 3. The van der Waals surface area contributed by atoms with Crippen LogP contribution < -0.4 is 5.32 Å². The van der Waals surface area contributed by atoms with Crippen molar-refractivity contribution in [1.82, 2.24) is 15.2 Å². The van der Waals surface area contributed by atoms with Crippen LogP contribution in [0.5, 0.6) is 0 Å². The first kappa shape index (κ1) is 18.9. The quantitative estimate of drug-likeness (QED) is 0.407. The molecule has 142 valence electrons. The third-order valence-corrected chi connectivity index (χ3v) is 6.31. The molecule has 28 heavy (non-hydrogen) atoms. The number of thiazole rings is 1. The number of nitrogens with one attached hydrogen (secondary N) is 1. The van der Waals surface area contributed by atoms with Crippen molar-refractivity contribution in [1.29, 1.82) is 0 Å². The molecular weight excluding hydrogens is 412 g/mol. The molecule has 1 aromatic carbocycles. The van der Waals surface area contributed by atoms with Crippen LogP contribution in [0.15, 0.2) is 56.8 Å². The molecule has 0 saturated heterocycles. The number of anilines is 1. The third-order valence-electron chi connectivity index (χ3n) is 3.87. The molecule has 4 aromatic rings. The number of benzene rings is 1. The van der Waals surface area contributed by atoms with Crippen LogP contribution in [0.2, 0.25) is 0 Å². The van der Waals surface area contributed by atoms with Gasteiger partial charge in [0.15, 0.2) is 5.13 Å². The number of hydrogen-bond acceptors (Lipinski definition) is 8.